The Labute approximate surface area is 114 Å². The molecule has 0 aromatic rings. The van der Waals surface area contributed by atoms with Crippen molar-refractivity contribution < 1.29 is 26.9 Å². The number of halogens is 4. The van der Waals surface area contributed by atoms with Gasteiger partial charge in [-0.15, -0.1) is 0 Å². The molecular weight excluding hydrogens is 374 g/mol. The van der Waals surface area contributed by atoms with E-state index in [1.165, 1.54) is 0 Å². The van der Waals surface area contributed by atoms with Gasteiger partial charge in [0.15, 0.2) is 6.04 Å². The number of amides is 1. The van der Waals surface area contributed by atoms with Gasteiger partial charge in [0.05, 0.1) is 15.8 Å². The van der Waals surface area contributed by atoms with Crippen molar-refractivity contribution in [1.82, 2.24) is 5.32 Å². The maximum atomic E-state index is 12.5. The van der Waals surface area contributed by atoms with Crippen LogP contribution in [-0.2, 0) is 8.92 Å². The zero-order valence-corrected chi connectivity index (χ0v) is 12.4. The summed E-state index contributed by atoms with van der Waals surface area (Å²) >= 11 is 1.69. The third kappa shape index (κ3) is 8.77. The van der Waals surface area contributed by atoms with Crippen molar-refractivity contribution in [1.29, 1.82) is 0 Å². The lowest BCUT2D eigenvalue weighted by molar-refractivity contribution is -0.160. The number of carbonyl (C=O) groups excluding carboxylic acids is 1. The summed E-state index contributed by atoms with van der Waals surface area (Å²) in [5.74, 6) is 0. The molecule has 0 saturated heterocycles. The van der Waals surface area contributed by atoms with Gasteiger partial charge in [0.2, 0.25) is 0 Å². The number of carbonyl (C=O) groups is 1. The molecule has 17 heavy (non-hydrogen) atoms. The third-order valence-electron chi connectivity index (χ3n) is 1.37. The molecule has 0 aliphatic heterocycles. The van der Waals surface area contributed by atoms with E-state index in [4.69, 9.17) is 4.74 Å². The molecule has 0 aromatic heterocycles. The third-order valence-corrected chi connectivity index (χ3v) is 2.35. The highest BCUT2D eigenvalue weighted by molar-refractivity contribution is 14.2. The fraction of sp³-hybridized carbons (Fsp3) is 0.875. The van der Waals surface area contributed by atoms with Crippen LogP contribution in [0.1, 0.15) is 20.8 Å². The lowest BCUT2D eigenvalue weighted by Crippen LogP contribution is -2.49. The quantitative estimate of drug-likeness (QED) is 0.593. The van der Waals surface area contributed by atoms with Crippen molar-refractivity contribution in [3.8, 4) is 0 Å². The summed E-state index contributed by atoms with van der Waals surface area (Å²) in [6.07, 6.45) is -5.70. The lowest BCUT2D eigenvalue weighted by atomic mass is 10.2. The highest BCUT2D eigenvalue weighted by Crippen LogP contribution is 2.23. The number of rotatable bonds is 4. The first-order valence-electron chi connectivity index (χ1n) is 4.52. The Morgan fingerprint density at radius 3 is 2.29 bits per heavy atom. The Morgan fingerprint density at radius 2 is 1.94 bits per heavy atom. The van der Waals surface area contributed by atoms with E-state index in [1.807, 2.05) is 0 Å². The fourth-order valence-corrected chi connectivity index (χ4v) is 1.39. The molecule has 0 fully saturated rings. The topological polar surface area (TPSA) is 47.6 Å². The van der Waals surface area contributed by atoms with Gasteiger partial charge < -0.3 is 14.2 Å². The molecule has 9 heteroatoms. The van der Waals surface area contributed by atoms with Gasteiger partial charge in [-0.2, -0.15) is 13.2 Å². The Hall–Kier alpha value is 0.1000. The van der Waals surface area contributed by atoms with Crippen molar-refractivity contribution >= 4 is 36.5 Å². The first-order chi connectivity index (χ1) is 7.56. The van der Waals surface area contributed by atoms with Crippen LogP contribution in [0.15, 0.2) is 0 Å². The van der Waals surface area contributed by atoms with Gasteiger partial charge in [-0.25, -0.2) is 4.79 Å². The van der Waals surface area contributed by atoms with Crippen LogP contribution in [0.25, 0.3) is 0 Å². The molecule has 0 aliphatic rings. The zero-order valence-electron chi connectivity index (χ0n) is 9.43. The van der Waals surface area contributed by atoms with E-state index in [0.29, 0.717) is 0 Å². The van der Waals surface area contributed by atoms with Crippen LogP contribution in [0, 0.1) is 0 Å². The Morgan fingerprint density at radius 1 is 1.41 bits per heavy atom. The molecule has 102 valence electrons. The van der Waals surface area contributed by atoms with Crippen LogP contribution in [0.4, 0.5) is 18.0 Å². The summed E-state index contributed by atoms with van der Waals surface area (Å²) in [6, 6.07) is -2.08. The van der Waals surface area contributed by atoms with Crippen molar-refractivity contribution in [3.05, 3.63) is 0 Å². The number of alkyl carbamates (subject to hydrolysis) is 1. The summed E-state index contributed by atoms with van der Waals surface area (Å²) in [5, 5.41) is 1.72. The second-order valence-electron chi connectivity index (χ2n) is 4.09. The van der Waals surface area contributed by atoms with Gasteiger partial charge in [0.25, 0.3) is 0 Å². The number of ether oxygens (including phenoxy) is 1. The SMILES string of the molecule is CC(C)(C)OC(=O)NC(COSI)C(F)(F)F. The van der Waals surface area contributed by atoms with Crippen LogP contribution in [0.2, 0.25) is 0 Å². The van der Waals surface area contributed by atoms with E-state index < -0.39 is 30.5 Å². The summed E-state index contributed by atoms with van der Waals surface area (Å²) in [6.45, 7) is 4.02. The molecule has 1 amide bonds. The van der Waals surface area contributed by atoms with E-state index in [-0.39, 0.29) is 0 Å². The predicted octanol–water partition coefficient (Wildman–Crippen LogP) is 3.46. The largest absolute Gasteiger partial charge is 0.444 e. The second-order valence-corrected chi connectivity index (χ2v) is 5.53. The van der Waals surface area contributed by atoms with Crippen molar-refractivity contribution in [2.45, 2.75) is 38.6 Å². The second kappa shape index (κ2) is 6.88. The minimum Gasteiger partial charge on any atom is -0.444 e. The number of nitrogens with one attached hydrogen (secondary N) is 1. The van der Waals surface area contributed by atoms with E-state index in [2.05, 4.69) is 4.18 Å². The molecule has 1 N–H and O–H groups in total. The molecule has 1 unspecified atom stereocenters. The van der Waals surface area contributed by atoms with Gasteiger partial charge in [-0.05, 0) is 20.8 Å². The number of hydrogen-bond acceptors (Lipinski definition) is 4. The first-order valence-corrected chi connectivity index (χ1v) is 7.81. The summed E-state index contributed by atoms with van der Waals surface area (Å²) in [7, 11) is 0.764. The average Bonchev–Trinajstić information content (AvgIpc) is 2.07. The molecule has 0 bridgehead atoms. The van der Waals surface area contributed by atoms with Gasteiger partial charge in [-0.3, -0.25) is 0 Å². The standard InChI is InChI=1S/C8H13F3INO3S/c1-7(2,3)16-6(14)13-5(4-15-17-12)8(9,10)11/h5H,4H2,1-3H3,(H,13,14). The van der Waals surface area contributed by atoms with Crippen LogP contribution in [0.5, 0.6) is 0 Å². The predicted molar refractivity (Wildman–Crippen MR) is 66.8 cm³/mol. The monoisotopic (exact) mass is 387 g/mol. The normalized spacial score (nSPS) is 14.3. The molecule has 0 saturated carbocycles. The van der Waals surface area contributed by atoms with E-state index in [9.17, 15) is 18.0 Å². The fourth-order valence-electron chi connectivity index (χ4n) is 0.762. The molecule has 0 heterocycles. The van der Waals surface area contributed by atoms with Gasteiger partial charge >= 0.3 is 12.3 Å². The molecule has 0 radical (unpaired) electrons. The van der Waals surface area contributed by atoms with Gasteiger partial charge in [0, 0.05) is 21.2 Å². The number of alkyl halides is 3. The van der Waals surface area contributed by atoms with Gasteiger partial charge in [-0.1, -0.05) is 0 Å². The molecule has 4 nitrogen and oxygen atoms in total. The van der Waals surface area contributed by atoms with Gasteiger partial charge in [0.1, 0.15) is 5.60 Å². The Balaban J connectivity index is 4.39. The minimum absolute atomic E-state index is 0.670. The summed E-state index contributed by atoms with van der Waals surface area (Å²) in [4.78, 5) is 11.2. The Bertz CT molecular complexity index is 257. The summed E-state index contributed by atoms with van der Waals surface area (Å²) < 4.78 is 46.7. The smallest absolute Gasteiger partial charge is 0.411 e. The highest BCUT2D eigenvalue weighted by atomic mass is 127. The summed E-state index contributed by atoms with van der Waals surface area (Å²) in [5.41, 5.74) is -0.848. The maximum Gasteiger partial charge on any atom is 0.411 e. The molecule has 0 spiro atoms. The van der Waals surface area contributed by atoms with Crippen molar-refractivity contribution in [3.63, 3.8) is 0 Å². The maximum absolute atomic E-state index is 12.5. The molecule has 0 aromatic carbocycles. The number of hydrogen-bond donors (Lipinski definition) is 1. The minimum atomic E-state index is -4.58. The van der Waals surface area contributed by atoms with Crippen LogP contribution in [0.3, 0.4) is 0 Å². The van der Waals surface area contributed by atoms with Crippen LogP contribution >= 0.6 is 30.4 Å². The molecular formula is C8H13F3INO3S. The first kappa shape index (κ1) is 17.1. The highest BCUT2D eigenvalue weighted by Gasteiger charge is 2.41. The molecule has 0 aliphatic carbocycles. The van der Waals surface area contributed by atoms with E-state index >= 15 is 0 Å². The lowest BCUT2D eigenvalue weighted by Gasteiger charge is -2.24. The molecule has 0 rings (SSSR count). The zero-order chi connectivity index (χ0) is 13.7. The van der Waals surface area contributed by atoms with Crippen LogP contribution in [-0.4, -0.2) is 30.5 Å². The van der Waals surface area contributed by atoms with Crippen molar-refractivity contribution in [2.75, 3.05) is 6.61 Å². The van der Waals surface area contributed by atoms with Crippen molar-refractivity contribution in [2.24, 2.45) is 0 Å². The Kier molecular flexibility index (Phi) is 6.92. The average molecular weight is 387 g/mol. The van der Waals surface area contributed by atoms with E-state index in [1.54, 1.807) is 47.3 Å². The van der Waals surface area contributed by atoms with Crippen LogP contribution < -0.4 is 5.32 Å². The van der Waals surface area contributed by atoms with E-state index in [0.717, 1.165) is 9.21 Å². The molecule has 1 atom stereocenters.